The first-order valence-corrected chi connectivity index (χ1v) is 4.37. The molecule has 2 fully saturated rings. The Balaban J connectivity index is 2.03. The number of hydrogen-bond acceptors (Lipinski definition) is 2. The molecule has 0 radical (unpaired) electrons. The molecular weight excluding hydrogens is 140 g/mol. The molecule has 1 spiro atoms. The van der Waals surface area contributed by atoms with Crippen molar-refractivity contribution in [3.05, 3.63) is 0 Å². The van der Waals surface area contributed by atoms with E-state index in [1.807, 2.05) is 0 Å². The monoisotopic (exact) mass is 154 g/mol. The van der Waals surface area contributed by atoms with Crippen molar-refractivity contribution in [3.8, 4) is 0 Å². The molecular formula is C8H14N2O. The van der Waals surface area contributed by atoms with Crippen molar-refractivity contribution in [2.75, 3.05) is 6.54 Å². The van der Waals surface area contributed by atoms with Gasteiger partial charge < -0.3 is 5.32 Å². The van der Waals surface area contributed by atoms with E-state index in [0.717, 1.165) is 12.8 Å². The summed E-state index contributed by atoms with van der Waals surface area (Å²) in [6, 6.07) is 0. The maximum Gasteiger partial charge on any atom is 0.235 e. The third-order valence-corrected chi connectivity index (χ3v) is 2.67. The summed E-state index contributed by atoms with van der Waals surface area (Å²) in [5, 5.41) is 6.28. The summed E-state index contributed by atoms with van der Waals surface area (Å²) in [6.45, 7) is 0.514. The fourth-order valence-corrected chi connectivity index (χ4v) is 2.06. The number of carbonyl (C=O) groups excluding carboxylic acids is 1. The van der Waals surface area contributed by atoms with Gasteiger partial charge in [-0.1, -0.05) is 6.42 Å². The molecule has 2 rings (SSSR count). The molecule has 0 aromatic heterocycles. The maximum absolute atomic E-state index is 10.9. The second-order valence-corrected chi connectivity index (χ2v) is 3.54. The zero-order valence-electron chi connectivity index (χ0n) is 6.65. The molecule has 0 aromatic carbocycles. The Bertz CT molecular complexity index is 173. The van der Waals surface area contributed by atoms with Crippen molar-refractivity contribution in [3.63, 3.8) is 0 Å². The highest BCUT2D eigenvalue weighted by Crippen LogP contribution is 2.27. The topological polar surface area (TPSA) is 41.1 Å². The molecule has 0 unspecified atom stereocenters. The molecule has 1 aliphatic carbocycles. The normalized spacial score (nSPS) is 28.9. The van der Waals surface area contributed by atoms with Gasteiger partial charge in [-0.2, -0.15) is 0 Å². The largest absolute Gasteiger partial charge is 0.337 e. The lowest BCUT2D eigenvalue weighted by Crippen LogP contribution is -2.50. The lowest BCUT2D eigenvalue weighted by atomic mass is 9.90. The number of amides is 1. The zero-order chi connectivity index (χ0) is 7.73. The maximum atomic E-state index is 10.9. The molecule has 1 saturated carbocycles. The van der Waals surface area contributed by atoms with Crippen LogP contribution in [0.5, 0.6) is 0 Å². The van der Waals surface area contributed by atoms with Crippen LogP contribution in [0.1, 0.15) is 32.1 Å². The highest BCUT2D eigenvalue weighted by atomic mass is 16.2. The zero-order valence-corrected chi connectivity index (χ0v) is 6.65. The lowest BCUT2D eigenvalue weighted by molar-refractivity contribution is -0.119. The Labute approximate surface area is 66.5 Å². The smallest absolute Gasteiger partial charge is 0.235 e. The molecule has 3 heteroatoms. The molecule has 3 nitrogen and oxygen atoms in total. The minimum atomic E-state index is -0.00463. The lowest BCUT2D eigenvalue weighted by Gasteiger charge is -2.33. The Morgan fingerprint density at radius 2 is 1.91 bits per heavy atom. The van der Waals surface area contributed by atoms with E-state index in [1.54, 1.807) is 0 Å². The van der Waals surface area contributed by atoms with Gasteiger partial charge in [-0.05, 0) is 25.7 Å². The van der Waals surface area contributed by atoms with Crippen molar-refractivity contribution in [2.24, 2.45) is 0 Å². The number of rotatable bonds is 0. The van der Waals surface area contributed by atoms with Crippen molar-refractivity contribution >= 4 is 5.91 Å². The first kappa shape index (κ1) is 7.10. The summed E-state index contributed by atoms with van der Waals surface area (Å²) in [5.41, 5.74) is -0.00463. The van der Waals surface area contributed by atoms with E-state index in [4.69, 9.17) is 0 Å². The minimum absolute atomic E-state index is 0.00463. The van der Waals surface area contributed by atoms with Crippen LogP contribution in [0, 0.1) is 0 Å². The van der Waals surface area contributed by atoms with Crippen LogP contribution < -0.4 is 10.6 Å². The van der Waals surface area contributed by atoms with E-state index in [-0.39, 0.29) is 11.6 Å². The highest BCUT2D eigenvalue weighted by Gasteiger charge is 2.37. The highest BCUT2D eigenvalue weighted by molar-refractivity contribution is 5.81. The Morgan fingerprint density at radius 1 is 1.18 bits per heavy atom. The second-order valence-electron chi connectivity index (χ2n) is 3.54. The third-order valence-electron chi connectivity index (χ3n) is 2.67. The molecule has 1 saturated heterocycles. The van der Waals surface area contributed by atoms with Crippen LogP contribution in [0.25, 0.3) is 0 Å². The molecule has 2 N–H and O–H groups in total. The van der Waals surface area contributed by atoms with E-state index in [2.05, 4.69) is 10.6 Å². The van der Waals surface area contributed by atoms with Crippen molar-refractivity contribution in [2.45, 2.75) is 37.8 Å². The quantitative estimate of drug-likeness (QED) is 0.529. The second kappa shape index (κ2) is 2.48. The number of nitrogens with one attached hydrogen (secondary N) is 2. The fourth-order valence-electron chi connectivity index (χ4n) is 2.06. The van der Waals surface area contributed by atoms with Gasteiger partial charge in [0.2, 0.25) is 5.91 Å². The third kappa shape index (κ3) is 1.25. The molecule has 1 amide bonds. The van der Waals surface area contributed by atoms with Crippen LogP contribution >= 0.6 is 0 Å². The van der Waals surface area contributed by atoms with Crippen molar-refractivity contribution < 1.29 is 4.79 Å². The van der Waals surface area contributed by atoms with Crippen LogP contribution in [0.2, 0.25) is 0 Å². The molecule has 1 aliphatic heterocycles. The van der Waals surface area contributed by atoms with E-state index in [0.29, 0.717) is 6.54 Å². The average molecular weight is 154 g/mol. The van der Waals surface area contributed by atoms with Gasteiger partial charge in [0, 0.05) is 0 Å². The number of carbonyl (C=O) groups is 1. The van der Waals surface area contributed by atoms with Gasteiger partial charge in [-0.15, -0.1) is 0 Å². The van der Waals surface area contributed by atoms with Crippen LogP contribution in [-0.2, 0) is 4.79 Å². The first-order valence-electron chi connectivity index (χ1n) is 4.37. The van der Waals surface area contributed by atoms with Crippen LogP contribution in [0.15, 0.2) is 0 Å². The predicted molar refractivity (Wildman–Crippen MR) is 42.0 cm³/mol. The molecule has 2 aliphatic rings. The van der Waals surface area contributed by atoms with Gasteiger partial charge >= 0.3 is 0 Å². The summed E-state index contributed by atoms with van der Waals surface area (Å²) in [5.74, 6) is 0.159. The Hall–Kier alpha value is -0.570. The van der Waals surface area contributed by atoms with Gasteiger partial charge in [-0.25, -0.2) is 0 Å². The minimum Gasteiger partial charge on any atom is -0.337 e. The number of hydrogen-bond donors (Lipinski definition) is 2. The van der Waals surface area contributed by atoms with E-state index in [1.165, 1.54) is 19.3 Å². The van der Waals surface area contributed by atoms with Crippen molar-refractivity contribution in [1.29, 1.82) is 0 Å². The summed E-state index contributed by atoms with van der Waals surface area (Å²) in [7, 11) is 0. The molecule has 62 valence electrons. The average Bonchev–Trinajstić information content (AvgIpc) is 2.34. The molecule has 1 heterocycles. The first-order chi connectivity index (χ1) is 5.31. The molecule has 0 atom stereocenters. The van der Waals surface area contributed by atoms with Gasteiger partial charge in [0.05, 0.1) is 12.2 Å². The van der Waals surface area contributed by atoms with Crippen LogP contribution in [0.4, 0.5) is 0 Å². The summed E-state index contributed by atoms with van der Waals surface area (Å²) in [6.07, 6.45) is 6.03. The molecule has 0 aromatic rings. The van der Waals surface area contributed by atoms with Gasteiger partial charge in [0.15, 0.2) is 0 Å². The van der Waals surface area contributed by atoms with E-state index in [9.17, 15) is 4.79 Å². The van der Waals surface area contributed by atoms with Crippen LogP contribution in [0.3, 0.4) is 0 Å². The Kier molecular flexibility index (Phi) is 1.60. The van der Waals surface area contributed by atoms with Crippen molar-refractivity contribution in [1.82, 2.24) is 10.6 Å². The Morgan fingerprint density at radius 3 is 2.45 bits per heavy atom. The molecule has 11 heavy (non-hydrogen) atoms. The van der Waals surface area contributed by atoms with E-state index >= 15 is 0 Å². The summed E-state index contributed by atoms with van der Waals surface area (Å²) >= 11 is 0. The van der Waals surface area contributed by atoms with E-state index < -0.39 is 0 Å². The predicted octanol–water partition coefficient (Wildman–Crippen LogP) is 0.366. The summed E-state index contributed by atoms with van der Waals surface area (Å²) in [4.78, 5) is 10.9. The summed E-state index contributed by atoms with van der Waals surface area (Å²) < 4.78 is 0. The van der Waals surface area contributed by atoms with Gasteiger partial charge in [-0.3, -0.25) is 10.1 Å². The van der Waals surface area contributed by atoms with Gasteiger partial charge in [0.25, 0.3) is 0 Å². The standard InChI is InChI=1S/C8H14N2O/c11-7-6-9-8(10-7)4-2-1-3-5-8/h9H,1-6H2,(H,10,11). The van der Waals surface area contributed by atoms with Gasteiger partial charge in [0.1, 0.15) is 0 Å². The molecule has 0 bridgehead atoms. The fraction of sp³-hybridized carbons (Fsp3) is 0.875. The van der Waals surface area contributed by atoms with Crippen LogP contribution in [-0.4, -0.2) is 18.1 Å². The SMILES string of the molecule is O=C1CNC2(CCCCC2)N1.